The quantitative estimate of drug-likeness (QED) is 0.722. The van der Waals surface area contributed by atoms with Crippen LogP contribution in [-0.2, 0) is 0 Å². The monoisotopic (exact) mass is 215 g/mol. The number of hydrogen-bond donors (Lipinski definition) is 1. The van der Waals surface area contributed by atoms with E-state index in [4.69, 9.17) is 5.26 Å². The summed E-state index contributed by atoms with van der Waals surface area (Å²) in [6.45, 7) is 6.43. The van der Waals surface area contributed by atoms with Gasteiger partial charge in [-0.25, -0.2) is 0 Å². The van der Waals surface area contributed by atoms with Crippen molar-refractivity contribution in [2.45, 2.75) is 13.8 Å². The lowest BCUT2D eigenvalue weighted by atomic mass is 9.93. The zero-order chi connectivity index (χ0) is 11.8. The highest BCUT2D eigenvalue weighted by atomic mass is 15.1. The normalized spacial score (nSPS) is 18.0. The van der Waals surface area contributed by atoms with E-state index in [1.807, 2.05) is 18.2 Å². The second kappa shape index (κ2) is 3.71. The molecule has 2 rings (SSSR count). The third kappa shape index (κ3) is 1.96. The third-order valence-electron chi connectivity index (χ3n) is 2.96. The summed E-state index contributed by atoms with van der Waals surface area (Å²) >= 11 is 0. The van der Waals surface area contributed by atoms with E-state index in [9.17, 15) is 0 Å². The molecule has 0 saturated carbocycles. The van der Waals surface area contributed by atoms with Crippen LogP contribution in [0.25, 0.3) is 0 Å². The van der Waals surface area contributed by atoms with Crippen LogP contribution in [0.2, 0.25) is 0 Å². The predicted octanol–water partition coefficient (Wildman–Crippen LogP) is 2.45. The van der Waals surface area contributed by atoms with Crippen LogP contribution in [0, 0.1) is 16.7 Å². The van der Waals surface area contributed by atoms with Crippen molar-refractivity contribution in [1.82, 2.24) is 0 Å². The van der Waals surface area contributed by atoms with Gasteiger partial charge in [0.2, 0.25) is 0 Å². The van der Waals surface area contributed by atoms with E-state index < -0.39 is 0 Å². The van der Waals surface area contributed by atoms with E-state index in [0.717, 1.165) is 18.8 Å². The lowest BCUT2D eigenvalue weighted by Gasteiger charge is -2.27. The average Bonchev–Trinajstić information content (AvgIpc) is 2.35. The van der Waals surface area contributed by atoms with Crippen molar-refractivity contribution in [3.05, 3.63) is 23.8 Å². The molecule has 1 heterocycles. The molecule has 0 aliphatic carbocycles. The minimum atomic E-state index is 0.237. The van der Waals surface area contributed by atoms with Gasteiger partial charge >= 0.3 is 0 Å². The lowest BCUT2D eigenvalue weighted by molar-refractivity contribution is 0.403. The van der Waals surface area contributed by atoms with Crippen molar-refractivity contribution < 1.29 is 0 Å². The summed E-state index contributed by atoms with van der Waals surface area (Å²) in [7, 11) is 2.10. The van der Waals surface area contributed by atoms with Crippen LogP contribution in [-0.4, -0.2) is 20.1 Å². The Bertz CT molecular complexity index is 443. The number of nitrogens with zero attached hydrogens (tertiary/aromatic N) is 2. The van der Waals surface area contributed by atoms with Crippen LogP contribution < -0.4 is 10.2 Å². The van der Waals surface area contributed by atoms with Gasteiger partial charge in [0.1, 0.15) is 0 Å². The van der Waals surface area contributed by atoms with Crippen molar-refractivity contribution in [3.8, 4) is 6.07 Å². The number of anilines is 2. The predicted molar refractivity (Wildman–Crippen MR) is 66.7 cm³/mol. The average molecular weight is 215 g/mol. The van der Waals surface area contributed by atoms with E-state index in [1.54, 1.807) is 0 Å². The number of rotatable bonds is 0. The van der Waals surface area contributed by atoms with Gasteiger partial charge in [-0.1, -0.05) is 13.8 Å². The molecule has 1 N–H and O–H groups in total. The number of hydrogen-bond acceptors (Lipinski definition) is 3. The highest BCUT2D eigenvalue weighted by molar-refractivity contribution is 5.72. The third-order valence-corrected chi connectivity index (χ3v) is 2.96. The maximum Gasteiger partial charge on any atom is 0.0992 e. The van der Waals surface area contributed by atoms with E-state index in [2.05, 4.69) is 37.2 Å². The fourth-order valence-corrected chi connectivity index (χ4v) is 2.20. The van der Waals surface area contributed by atoms with Gasteiger partial charge < -0.3 is 10.2 Å². The molecular weight excluding hydrogens is 198 g/mol. The minimum absolute atomic E-state index is 0.237. The van der Waals surface area contributed by atoms with E-state index in [0.29, 0.717) is 5.56 Å². The summed E-state index contributed by atoms with van der Waals surface area (Å²) in [6.07, 6.45) is 0. The molecule has 0 bridgehead atoms. The smallest absolute Gasteiger partial charge is 0.0992 e. The summed E-state index contributed by atoms with van der Waals surface area (Å²) in [5.74, 6) is 0. The molecule has 0 fully saturated rings. The molecule has 0 amide bonds. The highest BCUT2D eigenvalue weighted by Gasteiger charge is 2.25. The Morgan fingerprint density at radius 2 is 2.19 bits per heavy atom. The number of benzene rings is 1. The van der Waals surface area contributed by atoms with Crippen LogP contribution in [0.5, 0.6) is 0 Å². The fourth-order valence-electron chi connectivity index (χ4n) is 2.20. The fraction of sp³-hybridized carbons (Fsp3) is 0.462. The first-order chi connectivity index (χ1) is 7.52. The molecule has 0 radical (unpaired) electrons. The van der Waals surface area contributed by atoms with Gasteiger partial charge in [-0.3, -0.25) is 0 Å². The lowest BCUT2D eigenvalue weighted by Crippen LogP contribution is -2.33. The van der Waals surface area contributed by atoms with Gasteiger partial charge in [0.05, 0.1) is 23.0 Å². The zero-order valence-corrected chi connectivity index (χ0v) is 10.0. The Labute approximate surface area is 96.7 Å². The van der Waals surface area contributed by atoms with Gasteiger partial charge in [-0.05, 0) is 23.6 Å². The molecule has 0 saturated heterocycles. The van der Waals surface area contributed by atoms with Gasteiger partial charge in [0, 0.05) is 20.1 Å². The van der Waals surface area contributed by atoms with Crippen LogP contribution >= 0.6 is 0 Å². The Morgan fingerprint density at radius 1 is 1.44 bits per heavy atom. The number of nitriles is 1. The summed E-state index contributed by atoms with van der Waals surface area (Å²) in [6, 6.07) is 7.98. The summed E-state index contributed by atoms with van der Waals surface area (Å²) in [4.78, 5) is 2.25. The van der Waals surface area contributed by atoms with Crippen LogP contribution in [0.1, 0.15) is 19.4 Å². The molecule has 1 aliphatic heterocycles. The summed E-state index contributed by atoms with van der Waals surface area (Å²) in [5, 5.41) is 12.3. The molecule has 0 spiro atoms. The Hall–Kier alpha value is -1.69. The molecule has 3 nitrogen and oxygen atoms in total. The summed E-state index contributed by atoms with van der Waals surface area (Å²) < 4.78 is 0. The Morgan fingerprint density at radius 3 is 2.88 bits per heavy atom. The van der Waals surface area contributed by atoms with E-state index in [1.165, 1.54) is 5.69 Å². The van der Waals surface area contributed by atoms with Crippen molar-refractivity contribution >= 4 is 11.4 Å². The molecule has 0 aromatic heterocycles. The van der Waals surface area contributed by atoms with E-state index >= 15 is 0 Å². The Kier molecular flexibility index (Phi) is 2.51. The maximum absolute atomic E-state index is 8.89. The molecule has 84 valence electrons. The SMILES string of the molecule is CN1CC(C)(C)CNc2cc(C#N)ccc21. The van der Waals surface area contributed by atoms with Gasteiger partial charge in [0.25, 0.3) is 0 Å². The van der Waals surface area contributed by atoms with Crippen molar-refractivity contribution in [2.75, 3.05) is 30.4 Å². The highest BCUT2D eigenvalue weighted by Crippen LogP contribution is 2.32. The molecule has 0 unspecified atom stereocenters. The van der Waals surface area contributed by atoms with Gasteiger partial charge in [0.15, 0.2) is 0 Å². The van der Waals surface area contributed by atoms with Crippen LogP contribution in [0.4, 0.5) is 11.4 Å². The first-order valence-electron chi connectivity index (χ1n) is 5.51. The molecule has 1 aliphatic rings. The maximum atomic E-state index is 8.89. The molecule has 0 atom stereocenters. The molecule has 1 aromatic rings. The molecular formula is C13H17N3. The number of fused-ring (bicyclic) bond motifs is 1. The second-order valence-electron chi connectivity index (χ2n) is 5.22. The topological polar surface area (TPSA) is 39.1 Å². The largest absolute Gasteiger partial charge is 0.383 e. The standard InChI is InChI=1S/C13H17N3/c1-13(2)8-15-11-6-10(7-14)4-5-12(11)16(3)9-13/h4-6,15H,8-9H2,1-3H3. The second-order valence-corrected chi connectivity index (χ2v) is 5.22. The molecule has 1 aromatic carbocycles. The molecule has 16 heavy (non-hydrogen) atoms. The van der Waals surface area contributed by atoms with Crippen molar-refractivity contribution in [2.24, 2.45) is 5.41 Å². The first-order valence-corrected chi connectivity index (χ1v) is 5.51. The van der Waals surface area contributed by atoms with Crippen molar-refractivity contribution in [1.29, 1.82) is 5.26 Å². The van der Waals surface area contributed by atoms with Gasteiger partial charge in [-0.2, -0.15) is 5.26 Å². The summed E-state index contributed by atoms with van der Waals surface area (Å²) in [5.41, 5.74) is 3.18. The van der Waals surface area contributed by atoms with Crippen LogP contribution in [0.3, 0.4) is 0 Å². The number of nitrogens with one attached hydrogen (secondary N) is 1. The van der Waals surface area contributed by atoms with Crippen molar-refractivity contribution in [3.63, 3.8) is 0 Å². The molecule has 3 heteroatoms. The van der Waals surface area contributed by atoms with Crippen LogP contribution in [0.15, 0.2) is 18.2 Å². The minimum Gasteiger partial charge on any atom is -0.383 e. The Balaban J connectivity index is 2.41. The van der Waals surface area contributed by atoms with Gasteiger partial charge in [-0.15, -0.1) is 0 Å². The van der Waals surface area contributed by atoms with E-state index in [-0.39, 0.29) is 5.41 Å². The first kappa shape index (κ1) is 10.8. The zero-order valence-electron chi connectivity index (χ0n) is 10.0.